The molecule has 0 aliphatic heterocycles. The number of benzene rings is 1. The Bertz CT molecular complexity index is 395. The van der Waals surface area contributed by atoms with Gasteiger partial charge in [0.05, 0.1) is 4.47 Å². The molecule has 0 N–H and O–H groups in total. The van der Waals surface area contributed by atoms with Crippen molar-refractivity contribution in [2.24, 2.45) is 0 Å². The molecule has 1 aromatic rings. The van der Waals surface area contributed by atoms with Gasteiger partial charge in [-0.3, -0.25) is 0 Å². The van der Waals surface area contributed by atoms with E-state index in [1.807, 2.05) is 13.0 Å². The SMILES string of the molecule is CCOC1C(Br)CC1Oc1ccc(C)cc1Br. The van der Waals surface area contributed by atoms with E-state index < -0.39 is 0 Å². The van der Waals surface area contributed by atoms with Crippen molar-refractivity contribution < 1.29 is 9.47 Å². The highest BCUT2D eigenvalue weighted by Crippen LogP contribution is 2.36. The number of hydrogen-bond acceptors (Lipinski definition) is 2. The Balaban J connectivity index is 2.01. The average molecular weight is 364 g/mol. The van der Waals surface area contributed by atoms with Crippen LogP contribution in [0.5, 0.6) is 5.75 Å². The van der Waals surface area contributed by atoms with E-state index in [1.54, 1.807) is 0 Å². The Kier molecular flexibility index (Phi) is 4.50. The molecule has 4 heteroatoms. The van der Waals surface area contributed by atoms with Crippen LogP contribution in [0.3, 0.4) is 0 Å². The zero-order valence-electron chi connectivity index (χ0n) is 9.95. The molecule has 94 valence electrons. The summed E-state index contributed by atoms with van der Waals surface area (Å²) < 4.78 is 12.6. The summed E-state index contributed by atoms with van der Waals surface area (Å²) >= 11 is 7.12. The molecule has 1 saturated carbocycles. The summed E-state index contributed by atoms with van der Waals surface area (Å²) in [6.07, 6.45) is 1.30. The van der Waals surface area contributed by atoms with Crippen LogP contribution >= 0.6 is 31.9 Å². The lowest BCUT2D eigenvalue weighted by molar-refractivity contribution is -0.0725. The topological polar surface area (TPSA) is 18.5 Å². The second-order valence-corrected chi connectivity index (χ2v) is 6.29. The summed E-state index contributed by atoms with van der Waals surface area (Å²) in [5.74, 6) is 0.893. The van der Waals surface area contributed by atoms with Crippen LogP contribution in [-0.2, 0) is 4.74 Å². The van der Waals surface area contributed by atoms with Gasteiger partial charge < -0.3 is 9.47 Å². The Morgan fingerprint density at radius 1 is 1.41 bits per heavy atom. The minimum Gasteiger partial charge on any atom is -0.486 e. The second-order valence-electron chi connectivity index (χ2n) is 4.26. The summed E-state index contributed by atoms with van der Waals surface area (Å²) in [5.41, 5.74) is 1.22. The Morgan fingerprint density at radius 2 is 2.18 bits per heavy atom. The summed E-state index contributed by atoms with van der Waals surface area (Å²) in [6.45, 7) is 4.80. The van der Waals surface area contributed by atoms with Crippen LogP contribution in [0, 0.1) is 6.92 Å². The number of alkyl halides is 1. The van der Waals surface area contributed by atoms with Gasteiger partial charge in [-0.2, -0.15) is 0 Å². The zero-order chi connectivity index (χ0) is 12.4. The van der Waals surface area contributed by atoms with Crippen molar-refractivity contribution >= 4 is 31.9 Å². The van der Waals surface area contributed by atoms with Crippen molar-refractivity contribution in [1.82, 2.24) is 0 Å². The fourth-order valence-corrected chi connectivity index (χ4v) is 3.36. The normalized spacial score (nSPS) is 27.6. The maximum absolute atomic E-state index is 5.97. The lowest BCUT2D eigenvalue weighted by Crippen LogP contribution is -2.52. The van der Waals surface area contributed by atoms with Gasteiger partial charge in [0, 0.05) is 17.9 Å². The van der Waals surface area contributed by atoms with Gasteiger partial charge in [-0.05, 0) is 47.5 Å². The molecule has 1 aromatic carbocycles. The first-order valence-corrected chi connectivity index (χ1v) is 7.51. The molecule has 1 aliphatic carbocycles. The largest absolute Gasteiger partial charge is 0.486 e. The minimum absolute atomic E-state index is 0.151. The van der Waals surface area contributed by atoms with Crippen molar-refractivity contribution in [2.75, 3.05) is 6.61 Å². The van der Waals surface area contributed by atoms with Crippen LogP contribution in [-0.4, -0.2) is 23.6 Å². The van der Waals surface area contributed by atoms with Crippen LogP contribution in [0.4, 0.5) is 0 Å². The molecule has 0 heterocycles. The maximum Gasteiger partial charge on any atom is 0.134 e. The van der Waals surface area contributed by atoms with E-state index in [0.29, 0.717) is 4.83 Å². The molecular weight excluding hydrogens is 348 g/mol. The molecule has 17 heavy (non-hydrogen) atoms. The quantitative estimate of drug-likeness (QED) is 0.750. The summed E-state index contributed by atoms with van der Waals surface area (Å²) in [7, 11) is 0. The molecule has 0 spiro atoms. The fraction of sp³-hybridized carbons (Fsp3) is 0.538. The minimum atomic E-state index is 0.151. The number of ether oxygens (including phenoxy) is 2. The molecule has 3 unspecified atom stereocenters. The molecular formula is C13H16Br2O2. The number of aryl methyl sites for hydroxylation is 1. The van der Waals surface area contributed by atoms with E-state index in [0.717, 1.165) is 23.2 Å². The van der Waals surface area contributed by atoms with Crippen LogP contribution in [0.15, 0.2) is 22.7 Å². The van der Waals surface area contributed by atoms with Gasteiger partial charge in [0.2, 0.25) is 0 Å². The van der Waals surface area contributed by atoms with Gasteiger partial charge >= 0.3 is 0 Å². The lowest BCUT2D eigenvalue weighted by Gasteiger charge is -2.40. The molecule has 2 rings (SSSR count). The van der Waals surface area contributed by atoms with E-state index >= 15 is 0 Å². The molecule has 1 fully saturated rings. The first-order chi connectivity index (χ1) is 8.11. The third-order valence-electron chi connectivity index (χ3n) is 2.91. The second kappa shape index (κ2) is 5.72. The van der Waals surface area contributed by atoms with Gasteiger partial charge in [-0.1, -0.05) is 22.0 Å². The summed E-state index contributed by atoms with van der Waals surface area (Å²) in [5, 5.41) is 0. The highest BCUT2D eigenvalue weighted by atomic mass is 79.9. The van der Waals surface area contributed by atoms with E-state index in [2.05, 4.69) is 50.9 Å². The molecule has 0 radical (unpaired) electrons. The number of rotatable bonds is 4. The summed E-state index contributed by atoms with van der Waals surface area (Å²) in [4.78, 5) is 0.414. The maximum atomic E-state index is 5.97. The van der Waals surface area contributed by atoms with Crippen molar-refractivity contribution in [3.05, 3.63) is 28.2 Å². The predicted octanol–water partition coefficient (Wildman–Crippen LogP) is 4.08. The molecule has 1 aliphatic rings. The molecule has 0 aromatic heterocycles. The van der Waals surface area contributed by atoms with E-state index in [9.17, 15) is 0 Å². The smallest absolute Gasteiger partial charge is 0.134 e. The molecule has 0 saturated heterocycles. The molecule has 0 bridgehead atoms. The molecule has 2 nitrogen and oxygen atoms in total. The van der Waals surface area contributed by atoms with Gasteiger partial charge in [0.1, 0.15) is 18.0 Å². The number of hydrogen-bond donors (Lipinski definition) is 0. The first-order valence-electron chi connectivity index (χ1n) is 5.80. The molecule has 0 amide bonds. The van der Waals surface area contributed by atoms with Crippen molar-refractivity contribution in [2.45, 2.75) is 37.3 Å². The Hall–Kier alpha value is -0.0600. The van der Waals surface area contributed by atoms with Gasteiger partial charge in [0.15, 0.2) is 0 Å². The standard InChI is InChI=1S/C13H16Br2O2/c1-3-16-13-10(15)7-12(13)17-11-5-4-8(2)6-9(11)14/h4-6,10,12-13H,3,7H2,1-2H3. The van der Waals surface area contributed by atoms with Crippen molar-refractivity contribution in [3.63, 3.8) is 0 Å². The van der Waals surface area contributed by atoms with Gasteiger partial charge in [0.25, 0.3) is 0 Å². The fourth-order valence-electron chi connectivity index (χ4n) is 1.91. The van der Waals surface area contributed by atoms with Crippen molar-refractivity contribution in [1.29, 1.82) is 0 Å². The monoisotopic (exact) mass is 362 g/mol. The average Bonchev–Trinajstić information content (AvgIpc) is 2.28. The highest BCUT2D eigenvalue weighted by molar-refractivity contribution is 9.10. The van der Waals surface area contributed by atoms with Crippen LogP contribution < -0.4 is 4.74 Å². The Labute approximate surface area is 119 Å². The van der Waals surface area contributed by atoms with Crippen LogP contribution in [0.2, 0.25) is 0 Å². The third kappa shape index (κ3) is 3.04. The van der Waals surface area contributed by atoms with Crippen molar-refractivity contribution in [3.8, 4) is 5.75 Å². The first kappa shape index (κ1) is 13.4. The third-order valence-corrected chi connectivity index (χ3v) is 4.42. The van der Waals surface area contributed by atoms with E-state index in [4.69, 9.17) is 9.47 Å². The van der Waals surface area contributed by atoms with E-state index in [-0.39, 0.29) is 12.2 Å². The predicted molar refractivity (Wildman–Crippen MR) is 76.0 cm³/mol. The Morgan fingerprint density at radius 3 is 2.76 bits per heavy atom. The lowest BCUT2D eigenvalue weighted by atomic mass is 9.91. The van der Waals surface area contributed by atoms with Gasteiger partial charge in [-0.25, -0.2) is 0 Å². The van der Waals surface area contributed by atoms with E-state index in [1.165, 1.54) is 5.56 Å². The van der Waals surface area contributed by atoms with Crippen LogP contribution in [0.1, 0.15) is 18.9 Å². The zero-order valence-corrected chi connectivity index (χ0v) is 13.1. The summed E-state index contributed by atoms with van der Waals surface area (Å²) in [6, 6.07) is 6.12. The van der Waals surface area contributed by atoms with Gasteiger partial charge in [-0.15, -0.1) is 0 Å². The highest BCUT2D eigenvalue weighted by Gasteiger charge is 2.42. The van der Waals surface area contributed by atoms with Crippen LogP contribution in [0.25, 0.3) is 0 Å². The molecule has 3 atom stereocenters. The number of halogens is 2.